The van der Waals surface area contributed by atoms with Crippen LogP contribution in [0.25, 0.3) is 0 Å². The number of rotatable bonds is 7. The van der Waals surface area contributed by atoms with Gasteiger partial charge in [-0.15, -0.1) is 0 Å². The lowest BCUT2D eigenvalue weighted by atomic mass is 10.1. The molecule has 0 atom stereocenters. The van der Waals surface area contributed by atoms with Gasteiger partial charge in [-0.05, 0) is 69.0 Å². The number of nitrogens with one attached hydrogen (secondary N) is 1. The van der Waals surface area contributed by atoms with Gasteiger partial charge >= 0.3 is 0 Å². The number of anilines is 2. The van der Waals surface area contributed by atoms with Crippen LogP contribution in [0.1, 0.15) is 27.9 Å². The second kappa shape index (κ2) is 11.8. The van der Waals surface area contributed by atoms with Crippen molar-refractivity contribution in [1.82, 2.24) is 14.9 Å². The number of nitrogens with zero attached hydrogens (tertiary/aromatic N) is 3. The van der Waals surface area contributed by atoms with Gasteiger partial charge < -0.3 is 15.0 Å². The molecule has 37 heavy (non-hydrogen) atoms. The summed E-state index contributed by atoms with van der Waals surface area (Å²) < 4.78 is 33.6. The van der Waals surface area contributed by atoms with Gasteiger partial charge in [-0.2, -0.15) is 0 Å². The van der Waals surface area contributed by atoms with Gasteiger partial charge in [0.25, 0.3) is 0 Å². The van der Waals surface area contributed by atoms with Gasteiger partial charge in [0, 0.05) is 23.4 Å². The molecule has 0 saturated heterocycles. The van der Waals surface area contributed by atoms with E-state index in [-0.39, 0.29) is 18.2 Å². The fraction of sp³-hybridized carbons (Fsp3) is 0.172. The number of hydrogen-bond donors (Lipinski definition) is 1. The van der Waals surface area contributed by atoms with Crippen molar-refractivity contribution in [3.63, 3.8) is 0 Å². The Labute approximate surface area is 220 Å². The molecule has 0 unspecified atom stereocenters. The van der Waals surface area contributed by atoms with Crippen LogP contribution in [0.2, 0.25) is 5.02 Å². The predicted molar refractivity (Wildman–Crippen MR) is 142 cm³/mol. The standard InChI is InChI=1S/C29H25ClF2N4O/c1-19-25(11-8-20-7-9-22(16-36(2)3)27(32)14-20)29(34-18-33-19)35-24-10-12-28(26(30)15-24)37-17-21-5-4-6-23(31)13-21/h4-7,9-10,12-15,18H,16-17H2,1-3H3,(H,33,34,35). The molecule has 0 aliphatic heterocycles. The monoisotopic (exact) mass is 518 g/mol. The fourth-order valence-corrected chi connectivity index (χ4v) is 3.80. The highest BCUT2D eigenvalue weighted by Gasteiger charge is 2.10. The molecular weight excluding hydrogens is 494 g/mol. The number of halogens is 3. The molecule has 1 aromatic heterocycles. The zero-order valence-corrected chi connectivity index (χ0v) is 21.4. The van der Waals surface area contributed by atoms with Crippen molar-refractivity contribution >= 4 is 23.1 Å². The van der Waals surface area contributed by atoms with Crippen LogP contribution < -0.4 is 10.1 Å². The van der Waals surface area contributed by atoms with E-state index in [1.54, 1.807) is 42.5 Å². The lowest BCUT2D eigenvalue weighted by Gasteiger charge is -2.12. The van der Waals surface area contributed by atoms with Crippen molar-refractivity contribution in [1.29, 1.82) is 0 Å². The van der Waals surface area contributed by atoms with E-state index < -0.39 is 0 Å². The summed E-state index contributed by atoms with van der Waals surface area (Å²) in [5, 5.41) is 3.60. The summed E-state index contributed by atoms with van der Waals surface area (Å²) in [6, 6.07) is 16.4. The topological polar surface area (TPSA) is 50.3 Å². The molecule has 4 aromatic rings. The number of aromatic nitrogens is 2. The molecule has 1 heterocycles. The van der Waals surface area contributed by atoms with E-state index in [9.17, 15) is 8.78 Å². The third-order valence-corrected chi connectivity index (χ3v) is 5.68. The zero-order valence-electron chi connectivity index (χ0n) is 20.6. The average molecular weight is 519 g/mol. The van der Waals surface area contributed by atoms with Crippen LogP contribution in [0.15, 0.2) is 67.0 Å². The average Bonchev–Trinajstić information content (AvgIpc) is 2.84. The zero-order chi connectivity index (χ0) is 26.4. The largest absolute Gasteiger partial charge is 0.487 e. The summed E-state index contributed by atoms with van der Waals surface area (Å²) in [7, 11) is 3.78. The minimum Gasteiger partial charge on any atom is -0.487 e. The van der Waals surface area contributed by atoms with Gasteiger partial charge in [-0.1, -0.05) is 41.6 Å². The maximum atomic E-state index is 14.5. The SMILES string of the molecule is Cc1ncnc(Nc2ccc(OCc3cccc(F)c3)c(Cl)c2)c1C#Cc1ccc(CN(C)C)c(F)c1. The predicted octanol–water partition coefficient (Wildman–Crippen LogP) is 6.50. The first-order chi connectivity index (χ1) is 17.8. The Balaban J connectivity index is 1.51. The molecule has 5 nitrogen and oxygen atoms in total. The van der Waals surface area contributed by atoms with E-state index in [0.717, 1.165) is 0 Å². The lowest BCUT2D eigenvalue weighted by molar-refractivity contribution is 0.306. The van der Waals surface area contributed by atoms with Crippen LogP contribution in [0.5, 0.6) is 5.75 Å². The Bertz CT molecular complexity index is 1480. The molecule has 0 saturated carbocycles. The van der Waals surface area contributed by atoms with Gasteiger partial charge in [-0.25, -0.2) is 18.7 Å². The van der Waals surface area contributed by atoms with E-state index in [0.29, 0.717) is 56.8 Å². The highest BCUT2D eigenvalue weighted by molar-refractivity contribution is 6.32. The van der Waals surface area contributed by atoms with Crippen molar-refractivity contribution in [2.24, 2.45) is 0 Å². The second-order valence-corrected chi connectivity index (χ2v) is 9.07. The number of hydrogen-bond acceptors (Lipinski definition) is 5. The van der Waals surface area contributed by atoms with Crippen LogP contribution >= 0.6 is 11.6 Å². The Hall–Kier alpha value is -3.99. The first kappa shape index (κ1) is 26.1. The molecule has 0 bridgehead atoms. The number of benzene rings is 3. The molecule has 188 valence electrons. The number of aryl methyl sites for hydroxylation is 1. The summed E-state index contributed by atoms with van der Waals surface area (Å²) >= 11 is 6.43. The first-order valence-electron chi connectivity index (χ1n) is 11.5. The summed E-state index contributed by atoms with van der Waals surface area (Å²) in [4.78, 5) is 10.5. The highest BCUT2D eigenvalue weighted by Crippen LogP contribution is 2.30. The van der Waals surface area contributed by atoms with Gasteiger partial charge in [0.2, 0.25) is 0 Å². The summed E-state index contributed by atoms with van der Waals surface area (Å²) in [6.45, 7) is 2.52. The van der Waals surface area contributed by atoms with Gasteiger partial charge in [-0.3, -0.25) is 0 Å². The molecule has 0 fully saturated rings. The Morgan fingerprint density at radius 1 is 1.00 bits per heavy atom. The van der Waals surface area contributed by atoms with Gasteiger partial charge in [0.1, 0.15) is 36.1 Å². The van der Waals surface area contributed by atoms with Crippen molar-refractivity contribution in [3.8, 4) is 17.6 Å². The summed E-state index contributed by atoms with van der Waals surface area (Å²) in [5.74, 6) is 6.42. The van der Waals surface area contributed by atoms with Crippen LogP contribution in [0.3, 0.4) is 0 Å². The van der Waals surface area contributed by atoms with E-state index in [1.165, 1.54) is 24.5 Å². The fourth-order valence-electron chi connectivity index (χ4n) is 3.57. The molecular formula is C29H25ClF2N4O. The van der Waals surface area contributed by atoms with E-state index >= 15 is 0 Å². The third-order valence-electron chi connectivity index (χ3n) is 5.39. The van der Waals surface area contributed by atoms with E-state index in [2.05, 4.69) is 27.1 Å². The molecule has 0 aliphatic carbocycles. The highest BCUT2D eigenvalue weighted by atomic mass is 35.5. The Kier molecular flexibility index (Phi) is 8.34. The maximum Gasteiger partial charge on any atom is 0.149 e. The van der Waals surface area contributed by atoms with Crippen LogP contribution in [-0.4, -0.2) is 29.0 Å². The number of ether oxygens (including phenoxy) is 1. The van der Waals surface area contributed by atoms with E-state index in [4.69, 9.17) is 16.3 Å². The minimum atomic E-state index is -0.322. The van der Waals surface area contributed by atoms with Crippen LogP contribution in [0, 0.1) is 30.4 Å². The molecule has 0 amide bonds. The normalized spacial score (nSPS) is 10.7. The van der Waals surface area contributed by atoms with Crippen molar-refractivity contribution in [2.45, 2.75) is 20.1 Å². The molecule has 4 rings (SSSR count). The quantitative estimate of drug-likeness (QED) is 0.283. The minimum absolute atomic E-state index is 0.186. The van der Waals surface area contributed by atoms with Gasteiger partial charge in [0.05, 0.1) is 16.3 Å². The Morgan fingerprint density at radius 2 is 1.84 bits per heavy atom. The van der Waals surface area contributed by atoms with Gasteiger partial charge in [0.15, 0.2) is 0 Å². The van der Waals surface area contributed by atoms with Crippen LogP contribution in [-0.2, 0) is 13.2 Å². The van der Waals surface area contributed by atoms with Crippen molar-refractivity contribution < 1.29 is 13.5 Å². The lowest BCUT2D eigenvalue weighted by Crippen LogP contribution is -2.11. The smallest absolute Gasteiger partial charge is 0.149 e. The first-order valence-corrected chi connectivity index (χ1v) is 11.9. The Morgan fingerprint density at radius 3 is 2.57 bits per heavy atom. The third kappa shape index (κ3) is 7.04. The second-order valence-electron chi connectivity index (χ2n) is 8.67. The molecule has 1 N–H and O–H groups in total. The van der Waals surface area contributed by atoms with Crippen molar-refractivity contribution in [2.75, 3.05) is 19.4 Å². The van der Waals surface area contributed by atoms with E-state index in [1.807, 2.05) is 25.9 Å². The van der Waals surface area contributed by atoms with Crippen molar-refractivity contribution in [3.05, 3.63) is 112 Å². The summed E-state index contributed by atoms with van der Waals surface area (Å²) in [6.07, 6.45) is 1.44. The van der Waals surface area contributed by atoms with Crippen LogP contribution in [0.4, 0.5) is 20.3 Å². The molecule has 3 aromatic carbocycles. The maximum absolute atomic E-state index is 14.5. The summed E-state index contributed by atoms with van der Waals surface area (Å²) in [5.41, 5.74) is 3.79. The molecule has 0 radical (unpaired) electrons. The molecule has 0 aliphatic rings. The molecule has 0 spiro atoms. The molecule has 8 heteroatoms.